The van der Waals surface area contributed by atoms with E-state index in [0.717, 1.165) is 5.56 Å². The molecule has 0 spiro atoms. The number of rotatable bonds is 4. The number of phenolic OH excluding ortho intramolecular Hbond substituents is 1. The van der Waals surface area contributed by atoms with Gasteiger partial charge in [0, 0.05) is 22.9 Å². The van der Waals surface area contributed by atoms with Gasteiger partial charge in [-0.15, -0.1) is 0 Å². The summed E-state index contributed by atoms with van der Waals surface area (Å²) in [5.74, 6) is -0.699. The summed E-state index contributed by atoms with van der Waals surface area (Å²) >= 11 is 1.82. The molecule has 14 heavy (non-hydrogen) atoms. The van der Waals surface area contributed by atoms with Crippen LogP contribution in [0.2, 0.25) is 0 Å². The van der Waals surface area contributed by atoms with Gasteiger partial charge >= 0.3 is 5.97 Å². The molecular formula is C9H10INO3. The molecule has 5 heteroatoms. The third kappa shape index (κ3) is 3.15. The summed E-state index contributed by atoms with van der Waals surface area (Å²) in [5.41, 5.74) is 0.874. The SMILES string of the molecule is O=C(O)[C@H](Cc1ccc(O)cc1)N[125I]. The molecule has 76 valence electrons. The Morgan fingerprint density at radius 2 is 2.00 bits per heavy atom. The van der Waals surface area contributed by atoms with Crippen LogP contribution in [-0.2, 0) is 11.2 Å². The number of phenols is 1. The van der Waals surface area contributed by atoms with Crippen molar-refractivity contribution in [3.05, 3.63) is 29.8 Å². The van der Waals surface area contributed by atoms with Crippen molar-refractivity contribution in [1.29, 1.82) is 0 Å². The van der Waals surface area contributed by atoms with E-state index in [4.69, 9.17) is 10.2 Å². The fourth-order valence-electron chi connectivity index (χ4n) is 1.04. The molecule has 1 aromatic rings. The first kappa shape index (κ1) is 11.3. The zero-order valence-electron chi connectivity index (χ0n) is 7.27. The lowest BCUT2D eigenvalue weighted by Crippen LogP contribution is -2.32. The van der Waals surface area contributed by atoms with Crippen LogP contribution in [0, 0.1) is 0 Å². The average Bonchev–Trinajstić information content (AvgIpc) is 2.16. The number of carboxylic acids is 1. The van der Waals surface area contributed by atoms with Gasteiger partial charge in [-0.25, -0.2) is 3.53 Å². The normalized spacial score (nSPS) is 12.4. The second-order valence-electron chi connectivity index (χ2n) is 2.87. The molecule has 0 unspecified atom stereocenters. The van der Waals surface area contributed by atoms with Crippen LogP contribution in [0.15, 0.2) is 24.3 Å². The Morgan fingerprint density at radius 3 is 2.43 bits per heavy atom. The molecular weight excluding hydrogens is 295 g/mol. The van der Waals surface area contributed by atoms with Crippen LogP contribution in [0.4, 0.5) is 0 Å². The lowest BCUT2D eigenvalue weighted by atomic mass is 10.1. The minimum atomic E-state index is -0.882. The zero-order chi connectivity index (χ0) is 10.6. The number of halogens is 1. The fraction of sp³-hybridized carbons (Fsp3) is 0.222. The van der Waals surface area contributed by atoms with Crippen LogP contribution in [0.1, 0.15) is 5.56 Å². The third-order valence-corrected chi connectivity index (χ3v) is 2.56. The van der Waals surface area contributed by atoms with Gasteiger partial charge in [-0.3, -0.25) is 4.79 Å². The second kappa shape index (κ2) is 5.16. The van der Waals surface area contributed by atoms with Gasteiger partial charge < -0.3 is 10.2 Å². The Kier molecular flexibility index (Phi) is 4.15. The van der Waals surface area contributed by atoms with Crippen molar-refractivity contribution in [1.82, 2.24) is 3.53 Å². The average molecular weight is 305 g/mol. The molecule has 1 aromatic carbocycles. The summed E-state index contributed by atoms with van der Waals surface area (Å²) in [6.07, 6.45) is 0.401. The molecule has 0 saturated carbocycles. The molecule has 0 fully saturated rings. The molecule has 0 aliphatic heterocycles. The quantitative estimate of drug-likeness (QED) is 0.580. The highest BCUT2D eigenvalue weighted by atomic mass is 125. The molecule has 0 amide bonds. The Labute approximate surface area is 95.4 Å². The van der Waals surface area contributed by atoms with E-state index in [2.05, 4.69) is 3.53 Å². The third-order valence-electron chi connectivity index (χ3n) is 1.81. The Morgan fingerprint density at radius 1 is 1.43 bits per heavy atom. The number of aromatic hydroxyl groups is 1. The van der Waals surface area contributed by atoms with Crippen molar-refractivity contribution >= 4 is 28.8 Å². The van der Waals surface area contributed by atoms with Crippen LogP contribution in [0.3, 0.4) is 0 Å². The molecule has 1 atom stereocenters. The van der Waals surface area contributed by atoms with Gasteiger partial charge in [0.25, 0.3) is 0 Å². The largest absolute Gasteiger partial charge is 0.508 e. The smallest absolute Gasteiger partial charge is 0.321 e. The molecule has 0 heterocycles. The summed E-state index contributed by atoms with van der Waals surface area (Å²) in [4.78, 5) is 10.7. The van der Waals surface area contributed by atoms with Crippen molar-refractivity contribution in [2.24, 2.45) is 0 Å². The first-order valence-corrected chi connectivity index (χ1v) is 5.08. The van der Waals surface area contributed by atoms with Crippen LogP contribution in [0.25, 0.3) is 0 Å². The summed E-state index contributed by atoms with van der Waals surface area (Å²) < 4.78 is 2.67. The highest BCUT2D eigenvalue weighted by Crippen LogP contribution is 2.11. The Balaban J connectivity index is 2.67. The summed E-state index contributed by atoms with van der Waals surface area (Å²) in [6, 6.07) is 5.90. The maximum Gasteiger partial charge on any atom is 0.321 e. The van der Waals surface area contributed by atoms with E-state index in [1.807, 2.05) is 22.9 Å². The van der Waals surface area contributed by atoms with Crippen molar-refractivity contribution in [3.63, 3.8) is 0 Å². The molecule has 0 bridgehead atoms. The van der Waals surface area contributed by atoms with Crippen molar-refractivity contribution in [2.45, 2.75) is 12.5 Å². The van der Waals surface area contributed by atoms with Gasteiger partial charge in [0.05, 0.1) is 0 Å². The number of hydrogen-bond donors (Lipinski definition) is 3. The Hall–Kier alpha value is -0.820. The van der Waals surface area contributed by atoms with Crippen molar-refractivity contribution < 1.29 is 15.0 Å². The van der Waals surface area contributed by atoms with E-state index in [-0.39, 0.29) is 5.75 Å². The van der Waals surface area contributed by atoms with Gasteiger partial charge in [0.1, 0.15) is 11.8 Å². The van der Waals surface area contributed by atoms with Crippen molar-refractivity contribution in [3.8, 4) is 5.75 Å². The highest BCUT2D eigenvalue weighted by molar-refractivity contribution is 14.1. The molecule has 0 radical (unpaired) electrons. The molecule has 1 rings (SSSR count). The van der Waals surface area contributed by atoms with E-state index in [9.17, 15) is 4.79 Å². The number of nitrogens with one attached hydrogen (secondary N) is 1. The first-order chi connectivity index (χ1) is 6.63. The van der Waals surface area contributed by atoms with E-state index in [1.165, 1.54) is 0 Å². The fourth-order valence-corrected chi connectivity index (χ4v) is 1.53. The number of carboxylic acid groups (broad SMARTS) is 1. The maximum atomic E-state index is 10.7. The number of hydrogen-bond acceptors (Lipinski definition) is 3. The summed E-state index contributed by atoms with van der Waals surface area (Å²) in [5, 5.41) is 17.8. The number of aliphatic carboxylic acids is 1. The summed E-state index contributed by atoms with van der Waals surface area (Å²) in [7, 11) is 0. The van der Waals surface area contributed by atoms with Crippen LogP contribution in [0.5, 0.6) is 5.75 Å². The Bertz CT molecular complexity index is 312. The van der Waals surface area contributed by atoms with Gasteiger partial charge in [0.2, 0.25) is 0 Å². The van der Waals surface area contributed by atoms with Crippen LogP contribution in [-0.4, -0.2) is 22.2 Å². The minimum absolute atomic E-state index is 0.183. The van der Waals surface area contributed by atoms with Gasteiger partial charge in [0.15, 0.2) is 0 Å². The van der Waals surface area contributed by atoms with Crippen LogP contribution < -0.4 is 3.53 Å². The topological polar surface area (TPSA) is 69.6 Å². The molecule has 0 aliphatic carbocycles. The molecule has 0 aliphatic rings. The molecule has 0 aromatic heterocycles. The van der Waals surface area contributed by atoms with Gasteiger partial charge in [-0.1, -0.05) is 12.1 Å². The monoisotopic (exact) mass is 305 g/mol. The van der Waals surface area contributed by atoms with E-state index in [1.54, 1.807) is 24.3 Å². The highest BCUT2D eigenvalue weighted by Gasteiger charge is 2.15. The number of benzene rings is 1. The van der Waals surface area contributed by atoms with Gasteiger partial charge in [-0.05, 0) is 24.1 Å². The molecule has 4 nitrogen and oxygen atoms in total. The predicted molar refractivity (Wildman–Crippen MR) is 60.4 cm³/mol. The predicted octanol–water partition coefficient (Wildman–Crippen LogP) is 1.33. The lowest BCUT2D eigenvalue weighted by Gasteiger charge is -2.09. The van der Waals surface area contributed by atoms with Gasteiger partial charge in [-0.2, -0.15) is 0 Å². The van der Waals surface area contributed by atoms with Crippen LogP contribution >= 0.6 is 22.9 Å². The van der Waals surface area contributed by atoms with E-state index < -0.39 is 12.0 Å². The standard InChI is InChI=1S/C9H10INO3/c10-11-8(9(13)14)5-6-1-3-7(12)4-2-6/h1-4,8,11-12H,5H2,(H,13,14)/t8-/m0/s1/i10-2. The van der Waals surface area contributed by atoms with E-state index in [0.29, 0.717) is 6.42 Å². The van der Waals surface area contributed by atoms with Crippen molar-refractivity contribution in [2.75, 3.05) is 0 Å². The zero-order valence-corrected chi connectivity index (χ0v) is 9.43. The lowest BCUT2D eigenvalue weighted by molar-refractivity contribution is -0.138. The second-order valence-corrected chi connectivity index (χ2v) is 3.49. The number of carbonyl (C=O) groups is 1. The minimum Gasteiger partial charge on any atom is -0.508 e. The summed E-state index contributed by atoms with van der Waals surface area (Å²) in [6.45, 7) is 0. The first-order valence-electron chi connectivity index (χ1n) is 4.00. The molecule has 3 N–H and O–H groups in total. The maximum absolute atomic E-state index is 10.7. The molecule has 0 saturated heterocycles. The van der Waals surface area contributed by atoms with E-state index >= 15 is 0 Å².